The SMILES string of the molecule is CC(=O)c1cc(NCC2CCOC2C)ccc1N. The monoisotopic (exact) mass is 248 g/mol. The van der Waals surface area contributed by atoms with Gasteiger partial charge in [-0.3, -0.25) is 4.79 Å². The highest BCUT2D eigenvalue weighted by Crippen LogP contribution is 2.23. The Morgan fingerprint density at radius 2 is 2.33 bits per heavy atom. The van der Waals surface area contributed by atoms with Gasteiger partial charge in [0.15, 0.2) is 5.78 Å². The first-order chi connectivity index (χ1) is 8.58. The molecule has 1 heterocycles. The van der Waals surface area contributed by atoms with Crippen molar-refractivity contribution in [3.8, 4) is 0 Å². The molecule has 0 saturated carbocycles. The predicted octanol–water partition coefficient (Wildman–Crippen LogP) is 2.31. The first kappa shape index (κ1) is 12.9. The maximum atomic E-state index is 11.4. The average molecular weight is 248 g/mol. The van der Waals surface area contributed by atoms with E-state index in [1.807, 2.05) is 12.1 Å². The molecular weight excluding hydrogens is 228 g/mol. The molecule has 3 N–H and O–H groups in total. The van der Waals surface area contributed by atoms with E-state index in [-0.39, 0.29) is 5.78 Å². The number of ketones is 1. The molecule has 98 valence electrons. The van der Waals surface area contributed by atoms with Crippen LogP contribution < -0.4 is 11.1 Å². The van der Waals surface area contributed by atoms with Crippen LogP contribution in [0.5, 0.6) is 0 Å². The fourth-order valence-electron chi connectivity index (χ4n) is 2.26. The molecule has 0 amide bonds. The lowest BCUT2D eigenvalue weighted by Crippen LogP contribution is -2.20. The average Bonchev–Trinajstić information content (AvgIpc) is 2.73. The second kappa shape index (κ2) is 5.40. The molecule has 0 bridgehead atoms. The highest BCUT2D eigenvalue weighted by Gasteiger charge is 2.23. The lowest BCUT2D eigenvalue weighted by atomic mass is 10.0. The lowest BCUT2D eigenvalue weighted by Gasteiger charge is -2.16. The molecular formula is C14H20N2O2. The molecule has 2 atom stereocenters. The van der Waals surface area contributed by atoms with Crippen molar-refractivity contribution in [2.75, 3.05) is 24.2 Å². The van der Waals surface area contributed by atoms with E-state index in [4.69, 9.17) is 10.5 Å². The molecule has 1 aliphatic heterocycles. The molecule has 18 heavy (non-hydrogen) atoms. The van der Waals surface area contributed by atoms with Crippen molar-refractivity contribution in [3.63, 3.8) is 0 Å². The molecule has 0 radical (unpaired) electrons. The smallest absolute Gasteiger partial charge is 0.161 e. The van der Waals surface area contributed by atoms with Crippen LogP contribution in [0, 0.1) is 5.92 Å². The van der Waals surface area contributed by atoms with E-state index >= 15 is 0 Å². The second-order valence-corrected chi connectivity index (χ2v) is 4.86. The second-order valence-electron chi connectivity index (χ2n) is 4.86. The number of anilines is 2. The van der Waals surface area contributed by atoms with Gasteiger partial charge < -0.3 is 15.8 Å². The Bertz CT molecular complexity index is 445. The third-order valence-corrected chi connectivity index (χ3v) is 3.53. The van der Waals surface area contributed by atoms with Crippen LogP contribution in [0.25, 0.3) is 0 Å². The summed E-state index contributed by atoms with van der Waals surface area (Å²) in [6, 6.07) is 5.49. The van der Waals surface area contributed by atoms with Crippen LogP contribution in [-0.2, 0) is 4.74 Å². The number of nitrogen functional groups attached to an aromatic ring is 1. The van der Waals surface area contributed by atoms with Crippen LogP contribution in [0.1, 0.15) is 30.6 Å². The van der Waals surface area contributed by atoms with E-state index in [0.29, 0.717) is 23.3 Å². The van der Waals surface area contributed by atoms with Crippen LogP contribution in [0.3, 0.4) is 0 Å². The summed E-state index contributed by atoms with van der Waals surface area (Å²) in [6.45, 7) is 5.34. The molecule has 1 fully saturated rings. The van der Waals surface area contributed by atoms with E-state index in [9.17, 15) is 4.79 Å². The fourth-order valence-corrected chi connectivity index (χ4v) is 2.26. The van der Waals surface area contributed by atoms with E-state index in [1.54, 1.807) is 6.07 Å². The van der Waals surface area contributed by atoms with Crippen molar-refractivity contribution >= 4 is 17.2 Å². The van der Waals surface area contributed by atoms with E-state index in [2.05, 4.69) is 12.2 Å². The highest BCUT2D eigenvalue weighted by molar-refractivity contribution is 5.99. The molecule has 1 aromatic carbocycles. The zero-order chi connectivity index (χ0) is 13.1. The standard InChI is InChI=1S/C14H20N2O2/c1-9(17)13-7-12(3-4-14(13)15)16-8-11-5-6-18-10(11)2/h3-4,7,10-11,16H,5-6,8,15H2,1-2H3. The predicted molar refractivity (Wildman–Crippen MR) is 72.9 cm³/mol. The zero-order valence-corrected chi connectivity index (χ0v) is 10.9. The molecule has 2 rings (SSSR count). The Balaban J connectivity index is 2.01. The number of hydrogen-bond donors (Lipinski definition) is 2. The molecule has 1 saturated heterocycles. The molecule has 0 aliphatic carbocycles. The van der Waals surface area contributed by atoms with Gasteiger partial charge in [0, 0.05) is 36.0 Å². The molecule has 2 unspecified atom stereocenters. The zero-order valence-electron chi connectivity index (χ0n) is 10.9. The summed E-state index contributed by atoms with van der Waals surface area (Å²) in [5.41, 5.74) is 7.81. The maximum Gasteiger partial charge on any atom is 0.161 e. The third kappa shape index (κ3) is 2.82. The molecule has 4 nitrogen and oxygen atoms in total. The number of carbonyl (C=O) groups excluding carboxylic acids is 1. The quantitative estimate of drug-likeness (QED) is 0.634. The Labute approximate surface area is 108 Å². The molecule has 1 aliphatic rings. The minimum absolute atomic E-state index is 0.00582. The summed E-state index contributed by atoms with van der Waals surface area (Å²) in [5, 5.41) is 3.35. The van der Waals surface area contributed by atoms with Gasteiger partial charge in [-0.25, -0.2) is 0 Å². The van der Waals surface area contributed by atoms with Crippen molar-refractivity contribution in [1.82, 2.24) is 0 Å². The normalized spacial score (nSPS) is 23.0. The van der Waals surface area contributed by atoms with Gasteiger partial charge in [0.05, 0.1) is 6.10 Å². The van der Waals surface area contributed by atoms with Gasteiger partial charge in [-0.2, -0.15) is 0 Å². The van der Waals surface area contributed by atoms with E-state index in [1.165, 1.54) is 6.92 Å². The van der Waals surface area contributed by atoms with Crippen LogP contribution in [0.4, 0.5) is 11.4 Å². The number of carbonyl (C=O) groups is 1. The number of nitrogens with two attached hydrogens (primary N) is 1. The van der Waals surface area contributed by atoms with Gasteiger partial charge in [0.25, 0.3) is 0 Å². The number of rotatable bonds is 4. The lowest BCUT2D eigenvalue weighted by molar-refractivity contribution is 0.101. The Kier molecular flexibility index (Phi) is 3.87. The molecule has 0 spiro atoms. The first-order valence-electron chi connectivity index (χ1n) is 6.34. The summed E-state index contributed by atoms with van der Waals surface area (Å²) in [6.07, 6.45) is 1.39. The molecule has 0 aromatic heterocycles. The molecule has 4 heteroatoms. The Morgan fingerprint density at radius 3 is 2.94 bits per heavy atom. The number of benzene rings is 1. The van der Waals surface area contributed by atoms with Gasteiger partial charge in [-0.15, -0.1) is 0 Å². The van der Waals surface area contributed by atoms with Crippen molar-refractivity contribution in [2.45, 2.75) is 26.4 Å². The van der Waals surface area contributed by atoms with Crippen molar-refractivity contribution in [3.05, 3.63) is 23.8 Å². The van der Waals surface area contributed by atoms with E-state index < -0.39 is 0 Å². The summed E-state index contributed by atoms with van der Waals surface area (Å²) >= 11 is 0. The van der Waals surface area contributed by atoms with Gasteiger partial charge in [0.1, 0.15) is 0 Å². The fraction of sp³-hybridized carbons (Fsp3) is 0.500. The first-order valence-corrected chi connectivity index (χ1v) is 6.34. The van der Waals surface area contributed by atoms with Crippen molar-refractivity contribution in [2.24, 2.45) is 5.92 Å². The van der Waals surface area contributed by atoms with Gasteiger partial charge in [-0.1, -0.05) is 0 Å². The Hall–Kier alpha value is -1.55. The summed E-state index contributed by atoms with van der Waals surface area (Å²) in [7, 11) is 0. The number of ether oxygens (including phenoxy) is 1. The van der Waals surface area contributed by atoms with Crippen LogP contribution in [-0.4, -0.2) is 25.0 Å². The Morgan fingerprint density at radius 1 is 1.56 bits per heavy atom. The summed E-state index contributed by atoms with van der Waals surface area (Å²) in [4.78, 5) is 11.4. The van der Waals surface area contributed by atoms with Crippen molar-refractivity contribution in [1.29, 1.82) is 0 Å². The van der Waals surface area contributed by atoms with Crippen LogP contribution in [0.2, 0.25) is 0 Å². The minimum Gasteiger partial charge on any atom is -0.398 e. The number of Topliss-reactive ketones (excluding diaryl/α,β-unsaturated/α-hetero) is 1. The number of nitrogens with one attached hydrogen (secondary N) is 1. The van der Waals surface area contributed by atoms with E-state index in [0.717, 1.165) is 25.3 Å². The summed E-state index contributed by atoms with van der Waals surface area (Å²) < 4.78 is 5.52. The number of hydrogen-bond acceptors (Lipinski definition) is 4. The topological polar surface area (TPSA) is 64.3 Å². The van der Waals surface area contributed by atoms with Crippen LogP contribution in [0.15, 0.2) is 18.2 Å². The highest BCUT2D eigenvalue weighted by atomic mass is 16.5. The largest absolute Gasteiger partial charge is 0.398 e. The summed E-state index contributed by atoms with van der Waals surface area (Å²) in [5.74, 6) is 0.525. The molecule has 1 aromatic rings. The van der Waals surface area contributed by atoms with Gasteiger partial charge in [0.2, 0.25) is 0 Å². The van der Waals surface area contributed by atoms with Gasteiger partial charge >= 0.3 is 0 Å². The van der Waals surface area contributed by atoms with Gasteiger partial charge in [-0.05, 0) is 38.5 Å². The third-order valence-electron chi connectivity index (χ3n) is 3.53. The van der Waals surface area contributed by atoms with Crippen LogP contribution >= 0.6 is 0 Å². The minimum atomic E-state index is -0.00582. The van der Waals surface area contributed by atoms with Crippen molar-refractivity contribution < 1.29 is 9.53 Å². The maximum absolute atomic E-state index is 11.4.